The molecule has 5 rings (SSSR count). The fourth-order valence-corrected chi connectivity index (χ4v) is 5.22. The van der Waals surface area contributed by atoms with E-state index in [9.17, 15) is 9.59 Å². The maximum Gasteiger partial charge on any atom is 0.273 e. The second kappa shape index (κ2) is 9.62. The molecule has 0 aliphatic carbocycles. The van der Waals surface area contributed by atoms with E-state index in [0.717, 1.165) is 33.0 Å². The summed E-state index contributed by atoms with van der Waals surface area (Å²) >= 11 is 1.57. The molecule has 2 amide bonds. The van der Waals surface area contributed by atoms with Crippen LogP contribution >= 0.6 is 11.3 Å². The van der Waals surface area contributed by atoms with E-state index in [-0.39, 0.29) is 18.4 Å². The SMILES string of the molecule is COc1ccc(CNC(=O)[C@@]2(C)Cn3nc(-c4cccs4)cc3C(=O)N2Cc2cccc(C)c2)cc1. The van der Waals surface area contributed by atoms with Crippen molar-refractivity contribution in [3.05, 3.63) is 94.5 Å². The summed E-state index contributed by atoms with van der Waals surface area (Å²) in [6, 6.07) is 21.3. The quantitative estimate of drug-likeness (QED) is 0.401. The molecule has 2 aromatic carbocycles. The van der Waals surface area contributed by atoms with Crippen molar-refractivity contribution in [3.63, 3.8) is 0 Å². The molecule has 0 spiro atoms. The van der Waals surface area contributed by atoms with Gasteiger partial charge in [0, 0.05) is 13.1 Å². The predicted octanol–water partition coefficient (Wildman–Crippen LogP) is 4.66. The molecule has 1 N–H and O–H groups in total. The molecule has 0 fully saturated rings. The second-order valence-corrected chi connectivity index (χ2v) is 10.2. The van der Waals surface area contributed by atoms with Crippen molar-refractivity contribution in [3.8, 4) is 16.3 Å². The molecule has 0 unspecified atom stereocenters. The minimum atomic E-state index is -1.13. The van der Waals surface area contributed by atoms with E-state index in [1.54, 1.807) is 28.0 Å². The molecule has 1 atom stereocenters. The van der Waals surface area contributed by atoms with Crippen LogP contribution in [0.2, 0.25) is 0 Å². The Balaban J connectivity index is 1.46. The predicted molar refractivity (Wildman–Crippen MR) is 140 cm³/mol. The highest BCUT2D eigenvalue weighted by molar-refractivity contribution is 7.13. The summed E-state index contributed by atoms with van der Waals surface area (Å²) in [6.07, 6.45) is 0. The Labute approximate surface area is 214 Å². The lowest BCUT2D eigenvalue weighted by atomic mass is 9.93. The first-order valence-corrected chi connectivity index (χ1v) is 12.7. The van der Waals surface area contributed by atoms with Crippen molar-refractivity contribution < 1.29 is 14.3 Å². The summed E-state index contributed by atoms with van der Waals surface area (Å²) in [7, 11) is 1.62. The highest BCUT2D eigenvalue weighted by atomic mass is 32.1. The number of nitrogens with one attached hydrogen (secondary N) is 1. The summed E-state index contributed by atoms with van der Waals surface area (Å²) in [4.78, 5) is 30.2. The molecule has 0 saturated heterocycles. The van der Waals surface area contributed by atoms with Gasteiger partial charge in [-0.2, -0.15) is 5.10 Å². The Kier molecular flexibility index (Phi) is 6.36. The monoisotopic (exact) mass is 500 g/mol. The van der Waals surface area contributed by atoms with E-state index in [0.29, 0.717) is 18.8 Å². The number of benzene rings is 2. The smallest absolute Gasteiger partial charge is 0.273 e. The largest absolute Gasteiger partial charge is 0.497 e. The normalized spacial score (nSPS) is 17.1. The van der Waals surface area contributed by atoms with Crippen molar-refractivity contribution >= 4 is 23.2 Å². The number of hydrogen-bond donors (Lipinski definition) is 1. The van der Waals surface area contributed by atoms with Gasteiger partial charge in [0.15, 0.2) is 0 Å². The molecule has 0 bridgehead atoms. The van der Waals surface area contributed by atoms with Crippen molar-refractivity contribution in [2.45, 2.75) is 39.0 Å². The Morgan fingerprint density at radius 1 is 1.11 bits per heavy atom. The van der Waals surface area contributed by atoms with E-state index in [1.165, 1.54) is 0 Å². The average Bonchev–Trinajstić information content (AvgIpc) is 3.56. The Morgan fingerprint density at radius 3 is 2.61 bits per heavy atom. The van der Waals surface area contributed by atoms with Gasteiger partial charge in [-0.05, 0) is 54.6 Å². The lowest BCUT2D eigenvalue weighted by Gasteiger charge is -2.43. The lowest BCUT2D eigenvalue weighted by molar-refractivity contribution is -0.133. The zero-order valence-corrected chi connectivity index (χ0v) is 21.3. The van der Waals surface area contributed by atoms with Crippen molar-refractivity contribution in [2.24, 2.45) is 0 Å². The summed E-state index contributed by atoms with van der Waals surface area (Å²) in [6.45, 7) is 4.77. The Hall–Kier alpha value is -3.91. The third kappa shape index (κ3) is 4.52. The molecule has 36 heavy (non-hydrogen) atoms. The van der Waals surface area contributed by atoms with Crippen LogP contribution < -0.4 is 10.1 Å². The van der Waals surface area contributed by atoms with Gasteiger partial charge in [0.25, 0.3) is 5.91 Å². The number of aryl methyl sites for hydroxylation is 1. The molecule has 1 aliphatic heterocycles. The summed E-state index contributed by atoms with van der Waals surface area (Å²) in [5.41, 5.74) is 3.13. The first kappa shape index (κ1) is 23.8. The lowest BCUT2D eigenvalue weighted by Crippen LogP contribution is -2.63. The number of nitrogens with zero attached hydrogens (tertiary/aromatic N) is 3. The van der Waals surface area contributed by atoms with Gasteiger partial charge >= 0.3 is 0 Å². The van der Waals surface area contributed by atoms with Crippen LogP contribution in [0.5, 0.6) is 5.75 Å². The number of aromatic nitrogens is 2. The minimum Gasteiger partial charge on any atom is -0.497 e. The van der Waals surface area contributed by atoms with Crippen LogP contribution in [0, 0.1) is 6.92 Å². The third-order valence-electron chi connectivity index (χ3n) is 6.60. The van der Waals surface area contributed by atoms with Gasteiger partial charge in [0.1, 0.15) is 22.7 Å². The zero-order chi connectivity index (χ0) is 25.3. The van der Waals surface area contributed by atoms with Crippen LogP contribution in [0.3, 0.4) is 0 Å². The standard InChI is InChI=1S/C28H28N4O3S/c1-19-6-4-7-21(14-19)17-31-26(33)24-15-23(25-8-5-13-36-25)30-32(24)18-28(31,2)27(34)29-16-20-9-11-22(35-3)12-10-20/h4-15H,16-18H2,1-3H3,(H,29,34)/t28-/m1/s1. The number of thiophene rings is 1. The molecule has 1 aliphatic rings. The number of methoxy groups -OCH3 is 1. The molecule has 184 valence electrons. The van der Waals surface area contributed by atoms with Crippen molar-refractivity contribution in [1.82, 2.24) is 20.0 Å². The topological polar surface area (TPSA) is 76.5 Å². The number of carbonyl (C=O) groups excluding carboxylic acids is 2. The van der Waals surface area contributed by atoms with Gasteiger partial charge in [-0.15, -0.1) is 11.3 Å². The maximum absolute atomic E-state index is 13.8. The summed E-state index contributed by atoms with van der Waals surface area (Å²) in [5, 5.41) is 9.73. The molecule has 0 saturated carbocycles. The number of fused-ring (bicyclic) bond motifs is 1. The minimum absolute atomic E-state index is 0.208. The van der Waals surface area contributed by atoms with Gasteiger partial charge < -0.3 is 15.0 Å². The third-order valence-corrected chi connectivity index (χ3v) is 7.49. The fraction of sp³-hybridized carbons (Fsp3) is 0.250. The number of rotatable bonds is 7. The second-order valence-electron chi connectivity index (χ2n) is 9.23. The van der Waals surface area contributed by atoms with Gasteiger partial charge in [-0.3, -0.25) is 14.3 Å². The Bertz CT molecular complexity index is 1390. The average molecular weight is 501 g/mol. The van der Waals surface area contributed by atoms with Crippen LogP contribution in [-0.4, -0.2) is 39.1 Å². The first-order chi connectivity index (χ1) is 17.4. The van der Waals surface area contributed by atoms with E-state index in [4.69, 9.17) is 9.84 Å². The van der Waals surface area contributed by atoms with Crippen LogP contribution in [-0.2, 0) is 24.4 Å². The maximum atomic E-state index is 13.8. The van der Waals surface area contributed by atoms with Crippen LogP contribution in [0.1, 0.15) is 34.1 Å². The van der Waals surface area contributed by atoms with E-state index in [2.05, 4.69) is 5.32 Å². The molecule has 3 heterocycles. The number of hydrogen-bond acceptors (Lipinski definition) is 5. The number of amides is 2. The highest BCUT2D eigenvalue weighted by Gasteiger charge is 2.48. The first-order valence-electron chi connectivity index (χ1n) is 11.8. The number of carbonyl (C=O) groups is 2. The van der Waals surface area contributed by atoms with E-state index in [1.807, 2.05) is 86.0 Å². The van der Waals surface area contributed by atoms with Crippen LogP contribution in [0.25, 0.3) is 10.6 Å². The molecule has 0 radical (unpaired) electrons. The zero-order valence-electron chi connectivity index (χ0n) is 20.5. The molecule has 4 aromatic rings. The molecular formula is C28H28N4O3S. The molecular weight excluding hydrogens is 472 g/mol. The molecule has 2 aromatic heterocycles. The van der Waals surface area contributed by atoms with Gasteiger partial charge in [-0.25, -0.2) is 0 Å². The fourth-order valence-electron chi connectivity index (χ4n) is 4.54. The summed E-state index contributed by atoms with van der Waals surface area (Å²) in [5.74, 6) is 0.324. The molecule has 7 nitrogen and oxygen atoms in total. The number of ether oxygens (including phenoxy) is 1. The van der Waals surface area contributed by atoms with E-state index < -0.39 is 5.54 Å². The van der Waals surface area contributed by atoms with Crippen molar-refractivity contribution in [2.75, 3.05) is 7.11 Å². The van der Waals surface area contributed by atoms with Gasteiger partial charge in [-0.1, -0.05) is 48.0 Å². The van der Waals surface area contributed by atoms with Crippen molar-refractivity contribution in [1.29, 1.82) is 0 Å². The van der Waals surface area contributed by atoms with Gasteiger partial charge in [0.05, 0.1) is 18.5 Å². The van der Waals surface area contributed by atoms with Crippen LogP contribution in [0.4, 0.5) is 0 Å². The highest BCUT2D eigenvalue weighted by Crippen LogP contribution is 2.32. The summed E-state index contributed by atoms with van der Waals surface area (Å²) < 4.78 is 6.90. The van der Waals surface area contributed by atoms with Crippen LogP contribution in [0.15, 0.2) is 72.1 Å². The molecule has 8 heteroatoms. The van der Waals surface area contributed by atoms with Gasteiger partial charge in [0.2, 0.25) is 5.91 Å². The van der Waals surface area contributed by atoms with E-state index >= 15 is 0 Å². The Morgan fingerprint density at radius 2 is 1.92 bits per heavy atom.